The Kier molecular flexibility index (Phi) is 6.36. The molecule has 0 atom stereocenters. The number of hydrogen-bond donors (Lipinski definition) is 1. The Hall–Kier alpha value is -1.42. The molecule has 1 rings (SSSR count). The SMILES string of the molecule is C=C(C)CN(CC)c1ccc(CNCCC)nn1. The number of aromatic nitrogens is 2. The summed E-state index contributed by atoms with van der Waals surface area (Å²) in [5.74, 6) is 0.916. The van der Waals surface area contributed by atoms with Gasteiger partial charge >= 0.3 is 0 Å². The van der Waals surface area contributed by atoms with Crippen LogP contribution in [-0.2, 0) is 6.54 Å². The van der Waals surface area contributed by atoms with Crippen LogP contribution in [0.15, 0.2) is 24.3 Å². The summed E-state index contributed by atoms with van der Waals surface area (Å²) in [6, 6.07) is 4.06. The van der Waals surface area contributed by atoms with E-state index >= 15 is 0 Å². The molecule has 0 saturated carbocycles. The van der Waals surface area contributed by atoms with E-state index in [1.54, 1.807) is 0 Å². The molecule has 4 nitrogen and oxygen atoms in total. The van der Waals surface area contributed by atoms with Gasteiger partial charge < -0.3 is 10.2 Å². The molecule has 100 valence electrons. The molecule has 0 aliphatic carbocycles. The molecule has 0 radical (unpaired) electrons. The minimum Gasteiger partial charge on any atom is -0.351 e. The first-order valence-electron chi connectivity index (χ1n) is 6.60. The molecule has 0 spiro atoms. The van der Waals surface area contributed by atoms with Crippen LogP contribution in [-0.4, -0.2) is 29.8 Å². The first-order valence-corrected chi connectivity index (χ1v) is 6.60. The molecule has 4 heteroatoms. The lowest BCUT2D eigenvalue weighted by molar-refractivity contribution is 0.655. The van der Waals surface area contributed by atoms with Crippen molar-refractivity contribution in [3.05, 3.63) is 30.0 Å². The molecule has 1 N–H and O–H groups in total. The first-order chi connectivity index (χ1) is 8.67. The molecule has 0 aromatic carbocycles. The van der Waals surface area contributed by atoms with Crippen LogP contribution in [0.3, 0.4) is 0 Å². The van der Waals surface area contributed by atoms with Crippen molar-refractivity contribution in [1.82, 2.24) is 15.5 Å². The second-order valence-electron chi connectivity index (χ2n) is 4.53. The summed E-state index contributed by atoms with van der Waals surface area (Å²) in [6.45, 7) is 13.8. The van der Waals surface area contributed by atoms with Gasteiger partial charge in [-0.2, -0.15) is 5.10 Å². The van der Waals surface area contributed by atoms with E-state index in [-0.39, 0.29) is 0 Å². The van der Waals surface area contributed by atoms with E-state index in [4.69, 9.17) is 0 Å². The Bertz CT molecular complexity index is 359. The summed E-state index contributed by atoms with van der Waals surface area (Å²) in [5.41, 5.74) is 2.12. The van der Waals surface area contributed by atoms with Crippen LogP contribution in [0.4, 0.5) is 5.82 Å². The summed E-state index contributed by atoms with van der Waals surface area (Å²) in [6.07, 6.45) is 1.13. The molecule has 0 aliphatic heterocycles. The molecular weight excluding hydrogens is 224 g/mol. The third kappa shape index (κ3) is 4.84. The van der Waals surface area contributed by atoms with Gasteiger partial charge in [-0.05, 0) is 38.9 Å². The fourth-order valence-electron chi connectivity index (χ4n) is 1.69. The zero-order valence-electron chi connectivity index (χ0n) is 11.7. The van der Waals surface area contributed by atoms with Gasteiger partial charge in [-0.15, -0.1) is 5.10 Å². The summed E-state index contributed by atoms with van der Waals surface area (Å²) >= 11 is 0. The normalized spacial score (nSPS) is 10.4. The number of nitrogens with zero attached hydrogens (tertiary/aromatic N) is 3. The zero-order chi connectivity index (χ0) is 13.4. The summed E-state index contributed by atoms with van der Waals surface area (Å²) < 4.78 is 0. The molecule has 1 aromatic rings. The van der Waals surface area contributed by atoms with Gasteiger partial charge in [0.2, 0.25) is 0 Å². The predicted molar refractivity (Wildman–Crippen MR) is 76.7 cm³/mol. The number of anilines is 1. The van der Waals surface area contributed by atoms with Gasteiger partial charge in [0.25, 0.3) is 0 Å². The van der Waals surface area contributed by atoms with Gasteiger partial charge in [-0.25, -0.2) is 0 Å². The smallest absolute Gasteiger partial charge is 0.151 e. The van der Waals surface area contributed by atoms with E-state index in [2.05, 4.69) is 40.8 Å². The van der Waals surface area contributed by atoms with Gasteiger partial charge in [0, 0.05) is 19.6 Å². The van der Waals surface area contributed by atoms with Crippen molar-refractivity contribution in [3.8, 4) is 0 Å². The quantitative estimate of drug-likeness (QED) is 0.566. The van der Waals surface area contributed by atoms with Crippen molar-refractivity contribution in [2.75, 3.05) is 24.5 Å². The number of rotatable bonds is 8. The molecule has 0 unspecified atom stereocenters. The monoisotopic (exact) mass is 248 g/mol. The number of likely N-dealkylation sites (N-methyl/N-ethyl adjacent to an activating group) is 1. The fourth-order valence-corrected chi connectivity index (χ4v) is 1.69. The third-order valence-corrected chi connectivity index (χ3v) is 2.61. The molecule has 1 heterocycles. The summed E-state index contributed by atoms with van der Waals surface area (Å²) in [7, 11) is 0. The highest BCUT2D eigenvalue weighted by atomic mass is 15.3. The Morgan fingerprint density at radius 2 is 2.11 bits per heavy atom. The highest BCUT2D eigenvalue weighted by Crippen LogP contribution is 2.10. The molecule has 18 heavy (non-hydrogen) atoms. The second kappa shape index (κ2) is 7.82. The van der Waals surface area contributed by atoms with Crippen molar-refractivity contribution in [1.29, 1.82) is 0 Å². The molecule has 0 saturated heterocycles. The lowest BCUT2D eigenvalue weighted by Gasteiger charge is -2.21. The molecule has 0 amide bonds. The molecular formula is C14H24N4. The standard InChI is InChI=1S/C14H24N4/c1-5-9-15-10-13-7-8-14(17-16-13)18(6-2)11-12(3)4/h7-8,15H,3,5-6,9-11H2,1-2,4H3. The predicted octanol–water partition coefficient (Wildman–Crippen LogP) is 2.38. The lowest BCUT2D eigenvalue weighted by Crippen LogP contribution is -2.26. The van der Waals surface area contributed by atoms with Gasteiger partial charge in [-0.1, -0.05) is 19.1 Å². The zero-order valence-corrected chi connectivity index (χ0v) is 11.7. The minimum atomic E-state index is 0.785. The van der Waals surface area contributed by atoms with E-state index < -0.39 is 0 Å². The van der Waals surface area contributed by atoms with Crippen molar-refractivity contribution in [2.24, 2.45) is 0 Å². The van der Waals surface area contributed by atoms with E-state index in [1.807, 2.05) is 19.1 Å². The van der Waals surface area contributed by atoms with Crippen LogP contribution in [0, 0.1) is 0 Å². The summed E-state index contributed by atoms with van der Waals surface area (Å²) in [4.78, 5) is 2.17. The number of hydrogen-bond acceptors (Lipinski definition) is 4. The van der Waals surface area contributed by atoms with Gasteiger partial charge in [0.15, 0.2) is 5.82 Å². The van der Waals surface area contributed by atoms with E-state index in [9.17, 15) is 0 Å². The van der Waals surface area contributed by atoms with Crippen molar-refractivity contribution in [3.63, 3.8) is 0 Å². The molecule has 0 fully saturated rings. The van der Waals surface area contributed by atoms with E-state index in [1.165, 1.54) is 0 Å². The largest absolute Gasteiger partial charge is 0.351 e. The first kappa shape index (κ1) is 14.6. The fraction of sp³-hybridized carbons (Fsp3) is 0.571. The van der Waals surface area contributed by atoms with Crippen molar-refractivity contribution < 1.29 is 0 Å². The van der Waals surface area contributed by atoms with Gasteiger partial charge in [0.1, 0.15) is 0 Å². The maximum Gasteiger partial charge on any atom is 0.151 e. The van der Waals surface area contributed by atoms with Crippen LogP contribution < -0.4 is 10.2 Å². The number of nitrogens with one attached hydrogen (secondary N) is 1. The average Bonchev–Trinajstić information content (AvgIpc) is 2.37. The Morgan fingerprint density at radius 3 is 2.61 bits per heavy atom. The molecule has 0 bridgehead atoms. The highest BCUT2D eigenvalue weighted by molar-refractivity contribution is 5.38. The molecule has 0 aliphatic rings. The lowest BCUT2D eigenvalue weighted by atomic mass is 10.3. The van der Waals surface area contributed by atoms with Crippen LogP contribution in [0.5, 0.6) is 0 Å². The van der Waals surface area contributed by atoms with Crippen molar-refractivity contribution >= 4 is 5.82 Å². The Labute approximate surface area is 110 Å². The maximum absolute atomic E-state index is 4.28. The topological polar surface area (TPSA) is 41.0 Å². The van der Waals surface area contributed by atoms with Crippen LogP contribution >= 0.6 is 0 Å². The molecule has 1 aromatic heterocycles. The van der Waals surface area contributed by atoms with Crippen LogP contribution in [0.25, 0.3) is 0 Å². The maximum atomic E-state index is 4.28. The Morgan fingerprint density at radius 1 is 1.33 bits per heavy atom. The second-order valence-corrected chi connectivity index (χ2v) is 4.53. The van der Waals surface area contributed by atoms with Gasteiger partial charge in [-0.3, -0.25) is 0 Å². The van der Waals surface area contributed by atoms with E-state index in [0.717, 1.165) is 49.7 Å². The van der Waals surface area contributed by atoms with Crippen LogP contribution in [0.2, 0.25) is 0 Å². The Balaban J connectivity index is 2.59. The highest BCUT2D eigenvalue weighted by Gasteiger charge is 2.06. The van der Waals surface area contributed by atoms with E-state index in [0.29, 0.717) is 0 Å². The van der Waals surface area contributed by atoms with Crippen molar-refractivity contribution in [2.45, 2.75) is 33.7 Å². The average molecular weight is 248 g/mol. The minimum absolute atomic E-state index is 0.785. The van der Waals surface area contributed by atoms with Gasteiger partial charge in [0.05, 0.1) is 5.69 Å². The third-order valence-electron chi connectivity index (χ3n) is 2.61. The van der Waals surface area contributed by atoms with Crippen LogP contribution in [0.1, 0.15) is 32.9 Å². The summed E-state index contributed by atoms with van der Waals surface area (Å²) in [5, 5.41) is 11.8.